The molecule has 0 aromatic heterocycles. The van der Waals surface area contributed by atoms with Crippen LogP contribution in [0.25, 0.3) is 0 Å². The van der Waals surface area contributed by atoms with Gasteiger partial charge in [0.1, 0.15) is 0 Å². The highest BCUT2D eigenvalue weighted by molar-refractivity contribution is 4.12. The first-order valence-electron chi connectivity index (χ1n) is 2.17. The topological polar surface area (TPSA) is 23.8 Å². The van der Waals surface area contributed by atoms with Gasteiger partial charge in [0.2, 0.25) is 0 Å². The fourth-order valence-corrected chi connectivity index (χ4v) is 0. The van der Waals surface area contributed by atoms with Crippen LogP contribution in [0.2, 0.25) is 0 Å². The third-order valence-corrected chi connectivity index (χ3v) is 0.500. The Balaban J connectivity index is 0. The third kappa shape index (κ3) is 90.1. The summed E-state index contributed by atoms with van der Waals surface area (Å²) in [6.07, 6.45) is 2.64. The lowest BCUT2D eigenvalue weighted by Gasteiger charge is -1.68. The van der Waals surface area contributed by atoms with Gasteiger partial charge in [0, 0.05) is 6.57 Å². The minimum Gasteiger partial charge on any atom is -0.202 e. The molecule has 0 spiro atoms. The van der Waals surface area contributed by atoms with E-state index in [-0.39, 0.29) is 0 Å². The highest BCUT2D eigenvalue weighted by atomic mass is 14.2. The summed E-state index contributed by atoms with van der Waals surface area (Å²) in [5, 5.41) is 6.50. The lowest BCUT2D eigenvalue weighted by Crippen LogP contribution is -1.47. The first-order valence-corrected chi connectivity index (χ1v) is 2.17. The Kier molecular flexibility index (Phi) is 37.3. The minimum absolute atomic E-state index is 1.32. The fraction of sp³-hybridized carbons (Fsp3) is 0.800. The van der Waals surface area contributed by atoms with Gasteiger partial charge in [-0.3, -0.25) is 0 Å². The van der Waals surface area contributed by atoms with Crippen molar-refractivity contribution in [3.05, 3.63) is 0 Å². The molecular formula is C5H11N. The van der Waals surface area contributed by atoms with Gasteiger partial charge in [-0.25, -0.2) is 5.26 Å². The van der Waals surface area contributed by atoms with Crippen molar-refractivity contribution in [2.75, 3.05) is 0 Å². The van der Waals surface area contributed by atoms with Crippen LogP contribution in [0.3, 0.4) is 0 Å². The summed E-state index contributed by atoms with van der Waals surface area (Å²) in [6.45, 7) is 7.86. The molecule has 0 fully saturated rings. The predicted molar refractivity (Wildman–Crippen MR) is 27.3 cm³/mol. The van der Waals surface area contributed by atoms with E-state index in [1.165, 1.54) is 12.8 Å². The van der Waals surface area contributed by atoms with Gasteiger partial charge in [-0.2, -0.15) is 0 Å². The van der Waals surface area contributed by atoms with Gasteiger partial charge in [-0.05, 0) is 0 Å². The van der Waals surface area contributed by atoms with Crippen LogP contribution in [-0.2, 0) is 0 Å². The zero-order valence-corrected chi connectivity index (χ0v) is 4.44. The molecule has 0 N–H and O–H groups in total. The maximum Gasteiger partial charge on any atom is 0.0462 e. The summed E-state index contributed by atoms with van der Waals surface area (Å²) >= 11 is 0. The van der Waals surface area contributed by atoms with Crippen LogP contribution in [0.15, 0.2) is 0 Å². The molecule has 0 saturated carbocycles. The summed E-state index contributed by atoms with van der Waals surface area (Å²) in [7, 11) is 0. The molecule has 0 amide bonds. The number of rotatable bonds is 1. The van der Waals surface area contributed by atoms with E-state index < -0.39 is 0 Å². The van der Waals surface area contributed by atoms with Gasteiger partial charge in [0.05, 0.1) is 0 Å². The molecule has 1 nitrogen and oxygen atoms in total. The number of hydrogen-bond acceptors (Lipinski definition) is 1. The van der Waals surface area contributed by atoms with Gasteiger partial charge in [-0.1, -0.05) is 26.7 Å². The Labute approximate surface area is 39.6 Å². The van der Waals surface area contributed by atoms with Crippen molar-refractivity contribution in [2.24, 2.45) is 0 Å². The fourth-order valence-electron chi connectivity index (χ4n) is 0. The number of nitriles is 1. The monoisotopic (exact) mass is 85.1 g/mol. The molecule has 0 aliphatic heterocycles. The van der Waals surface area contributed by atoms with Gasteiger partial charge < -0.3 is 0 Å². The van der Waals surface area contributed by atoms with Crippen molar-refractivity contribution in [1.29, 1.82) is 5.26 Å². The molecular weight excluding hydrogens is 74.1 g/mol. The van der Waals surface area contributed by atoms with E-state index in [1.807, 2.05) is 0 Å². The molecule has 0 aromatic rings. The van der Waals surface area contributed by atoms with Crippen molar-refractivity contribution in [1.82, 2.24) is 0 Å². The Morgan fingerprint density at radius 1 is 1.17 bits per heavy atom. The molecule has 0 bridgehead atoms. The summed E-state index contributed by atoms with van der Waals surface area (Å²) in [6, 6.07) is 0. The summed E-state index contributed by atoms with van der Waals surface area (Å²) < 4.78 is 0. The predicted octanol–water partition coefficient (Wildman–Crippen LogP) is 1.95. The van der Waals surface area contributed by atoms with Crippen LogP contribution >= 0.6 is 0 Å². The van der Waals surface area contributed by atoms with Crippen molar-refractivity contribution in [2.45, 2.75) is 26.7 Å². The molecule has 36 valence electrons. The molecule has 1 heteroatoms. The SMILES string of the molecule is C#N.CCCC. The maximum atomic E-state index is 6.50. The second-order valence-corrected chi connectivity index (χ2v) is 1.000. The molecule has 0 heterocycles. The summed E-state index contributed by atoms with van der Waals surface area (Å²) in [5.41, 5.74) is 0. The first kappa shape index (κ1) is 9.09. The Hall–Kier alpha value is -0.510. The average molecular weight is 85.1 g/mol. The Bertz CT molecular complexity index is 20.4. The van der Waals surface area contributed by atoms with Gasteiger partial charge in [0.15, 0.2) is 0 Å². The zero-order valence-electron chi connectivity index (χ0n) is 4.44. The second kappa shape index (κ2) is 24.6. The minimum atomic E-state index is 1.32. The maximum absolute atomic E-state index is 6.50. The van der Waals surface area contributed by atoms with Crippen LogP contribution in [0.5, 0.6) is 0 Å². The molecule has 6 heavy (non-hydrogen) atoms. The molecule has 0 aliphatic rings. The van der Waals surface area contributed by atoms with E-state index >= 15 is 0 Å². The molecule has 0 rings (SSSR count). The first-order chi connectivity index (χ1) is 2.91. The van der Waals surface area contributed by atoms with E-state index in [1.54, 1.807) is 0 Å². The van der Waals surface area contributed by atoms with E-state index in [2.05, 4.69) is 20.4 Å². The Morgan fingerprint density at radius 2 is 1.33 bits per heavy atom. The lowest BCUT2D eigenvalue weighted by molar-refractivity contribution is 0.886. The standard InChI is InChI=1S/C4H10.CHN/c1-3-4-2;1-2/h3-4H2,1-2H3;1H. The average Bonchev–Trinajstić information content (AvgIpc) is 1.72. The van der Waals surface area contributed by atoms with Crippen molar-refractivity contribution >= 4 is 0 Å². The largest absolute Gasteiger partial charge is 0.202 e. The van der Waals surface area contributed by atoms with E-state index in [0.29, 0.717) is 0 Å². The van der Waals surface area contributed by atoms with Crippen LogP contribution in [0.4, 0.5) is 0 Å². The highest BCUT2D eigenvalue weighted by Crippen LogP contribution is 1.76. The van der Waals surface area contributed by atoms with Crippen LogP contribution in [0, 0.1) is 11.8 Å². The van der Waals surface area contributed by atoms with Crippen LogP contribution < -0.4 is 0 Å². The highest BCUT2D eigenvalue weighted by Gasteiger charge is 1.56. The number of hydrogen-bond donors (Lipinski definition) is 0. The molecule has 0 saturated heterocycles. The van der Waals surface area contributed by atoms with Crippen LogP contribution in [0.1, 0.15) is 26.7 Å². The molecule has 0 unspecified atom stereocenters. The quantitative estimate of drug-likeness (QED) is 0.477. The number of nitrogens with zero attached hydrogens (tertiary/aromatic N) is 1. The van der Waals surface area contributed by atoms with Crippen molar-refractivity contribution in [3.63, 3.8) is 0 Å². The zero-order chi connectivity index (χ0) is 5.41. The van der Waals surface area contributed by atoms with Gasteiger partial charge in [0.25, 0.3) is 0 Å². The normalized spacial score (nSPS) is 5.33. The van der Waals surface area contributed by atoms with Gasteiger partial charge >= 0.3 is 0 Å². The van der Waals surface area contributed by atoms with Crippen molar-refractivity contribution < 1.29 is 0 Å². The van der Waals surface area contributed by atoms with Gasteiger partial charge in [-0.15, -0.1) is 0 Å². The summed E-state index contributed by atoms with van der Waals surface area (Å²) in [4.78, 5) is 0. The summed E-state index contributed by atoms with van der Waals surface area (Å²) in [5.74, 6) is 0. The molecule has 0 atom stereocenters. The van der Waals surface area contributed by atoms with E-state index in [0.717, 1.165) is 0 Å². The smallest absolute Gasteiger partial charge is 0.0462 e. The van der Waals surface area contributed by atoms with E-state index in [4.69, 9.17) is 5.26 Å². The number of unbranched alkanes of at least 4 members (excludes halogenated alkanes) is 1. The van der Waals surface area contributed by atoms with Crippen molar-refractivity contribution in [3.8, 4) is 6.57 Å². The lowest BCUT2D eigenvalue weighted by atomic mass is 10.4. The Morgan fingerprint density at radius 3 is 1.33 bits per heavy atom. The van der Waals surface area contributed by atoms with Crippen LogP contribution in [-0.4, -0.2) is 0 Å². The molecule has 0 radical (unpaired) electrons. The second-order valence-electron chi connectivity index (χ2n) is 1.000. The molecule has 0 aliphatic carbocycles. The van der Waals surface area contributed by atoms with E-state index in [9.17, 15) is 0 Å². The molecule has 0 aromatic carbocycles. The third-order valence-electron chi connectivity index (χ3n) is 0.500.